The first-order valence-electron chi connectivity index (χ1n) is 3.77. The number of carboxylic acid groups (broad SMARTS) is 2. The van der Waals surface area contributed by atoms with Gasteiger partial charge in [-0.3, -0.25) is 0 Å². The number of aliphatic hydroxyl groups excluding tert-OH is 1. The van der Waals surface area contributed by atoms with Crippen molar-refractivity contribution in [3.05, 3.63) is 12.2 Å². The fourth-order valence-electron chi connectivity index (χ4n) is 0.595. The molecule has 0 aliphatic carbocycles. The summed E-state index contributed by atoms with van der Waals surface area (Å²) in [5.74, 6) is -4.63. The van der Waals surface area contributed by atoms with Gasteiger partial charge in [-0.15, -0.1) is 0 Å². The van der Waals surface area contributed by atoms with E-state index >= 15 is 0 Å². The Balaban J connectivity index is 0. The van der Waals surface area contributed by atoms with Crippen LogP contribution < -0.4 is 0 Å². The number of ether oxygens (including phenoxy) is 1. The van der Waals surface area contributed by atoms with Crippen LogP contribution in [0.1, 0.15) is 6.92 Å². The van der Waals surface area contributed by atoms with Gasteiger partial charge in [0.05, 0.1) is 0 Å². The zero-order valence-electron chi connectivity index (χ0n) is 7.84. The van der Waals surface area contributed by atoms with Crippen molar-refractivity contribution in [1.82, 2.24) is 0 Å². The molecule has 2 unspecified atom stereocenters. The van der Waals surface area contributed by atoms with Gasteiger partial charge in [0.25, 0.3) is 0 Å². The van der Waals surface area contributed by atoms with Crippen LogP contribution in [0.4, 0.5) is 0 Å². The molecule has 0 aromatic heterocycles. The van der Waals surface area contributed by atoms with Crippen LogP contribution in [0, 0.1) is 0 Å². The van der Waals surface area contributed by atoms with Crippen molar-refractivity contribution >= 4 is 55.6 Å². The average Bonchev–Trinajstić information content (AvgIpc) is 2.11. The molecule has 0 aromatic rings. The number of hydrogen-bond acceptors (Lipinski definition) is 5. The second-order valence-electron chi connectivity index (χ2n) is 2.73. The van der Waals surface area contributed by atoms with Gasteiger partial charge in [0.1, 0.15) is 0 Å². The summed E-state index contributed by atoms with van der Waals surface area (Å²) in [7, 11) is 0. The number of aliphatic hydroxyl groups is 1. The Bertz CT molecular complexity index is 312. The maximum absolute atomic E-state index is 10.9. The molecule has 0 aromatic carbocycles. The van der Waals surface area contributed by atoms with E-state index < -0.39 is 30.1 Å². The fraction of sp³-hybridized carbons (Fsp3) is 0.375. The van der Waals surface area contributed by atoms with Gasteiger partial charge >= 0.3 is 55.6 Å². The second kappa shape index (κ2) is 7.61. The number of aliphatic carboxylic acids is 2. The van der Waals surface area contributed by atoms with Gasteiger partial charge in [-0.05, 0) is 6.92 Å². The Hall–Kier alpha value is -0.630. The van der Waals surface area contributed by atoms with Gasteiger partial charge in [-0.2, -0.15) is 0 Å². The number of rotatable bonds is 5. The molecule has 0 spiro atoms. The molecular formula is C8H12CaO7. The quantitative estimate of drug-likeness (QED) is 0.299. The van der Waals surface area contributed by atoms with Crippen molar-refractivity contribution in [2.24, 2.45) is 0 Å². The average molecular weight is 260 g/mol. The van der Waals surface area contributed by atoms with Crippen molar-refractivity contribution < 1.29 is 34.4 Å². The molecule has 88 valence electrons. The van der Waals surface area contributed by atoms with E-state index in [1.807, 2.05) is 0 Å². The predicted molar refractivity (Wildman–Crippen MR) is 54.5 cm³/mol. The fourth-order valence-corrected chi connectivity index (χ4v) is 0.595. The van der Waals surface area contributed by atoms with Crippen LogP contribution in [0.5, 0.6) is 0 Å². The molecule has 7 nitrogen and oxygen atoms in total. The van der Waals surface area contributed by atoms with Gasteiger partial charge in [0.2, 0.25) is 6.10 Å². The van der Waals surface area contributed by atoms with Crippen molar-refractivity contribution in [3.8, 4) is 0 Å². The van der Waals surface area contributed by atoms with Crippen LogP contribution in [-0.2, 0) is 19.1 Å². The SMILES string of the molecule is C=C(C)C(=O)OC(C(=O)O)C(O)C(=O)O.[CaH2]. The maximum atomic E-state index is 10.9. The second-order valence-corrected chi connectivity index (χ2v) is 2.73. The van der Waals surface area contributed by atoms with Gasteiger partial charge < -0.3 is 20.1 Å². The molecule has 2 atom stereocenters. The summed E-state index contributed by atoms with van der Waals surface area (Å²) >= 11 is 0. The molecule has 8 heteroatoms. The van der Waals surface area contributed by atoms with Crippen LogP contribution in [0.3, 0.4) is 0 Å². The van der Waals surface area contributed by atoms with E-state index in [4.69, 9.17) is 15.3 Å². The molecule has 0 fully saturated rings. The van der Waals surface area contributed by atoms with Crippen molar-refractivity contribution in [2.45, 2.75) is 19.1 Å². The molecule has 0 heterocycles. The van der Waals surface area contributed by atoms with Crippen molar-refractivity contribution in [3.63, 3.8) is 0 Å². The number of esters is 1. The third-order valence-corrected chi connectivity index (χ3v) is 1.37. The van der Waals surface area contributed by atoms with Crippen LogP contribution in [-0.4, -0.2) is 83.2 Å². The van der Waals surface area contributed by atoms with E-state index in [1.54, 1.807) is 0 Å². The molecule has 3 N–H and O–H groups in total. The zero-order chi connectivity index (χ0) is 12.2. The van der Waals surface area contributed by atoms with Crippen molar-refractivity contribution in [2.75, 3.05) is 0 Å². The Morgan fingerprint density at radius 1 is 1.19 bits per heavy atom. The number of hydrogen-bond donors (Lipinski definition) is 3. The number of carbonyl (C=O) groups is 3. The molecule has 0 rings (SSSR count). The van der Waals surface area contributed by atoms with E-state index in [2.05, 4.69) is 11.3 Å². The Labute approximate surface area is 121 Å². The third kappa shape index (κ3) is 5.45. The monoisotopic (exact) mass is 260 g/mol. The van der Waals surface area contributed by atoms with Gasteiger partial charge in [0, 0.05) is 5.57 Å². The molecule has 0 bridgehead atoms. The molecule has 0 radical (unpaired) electrons. The van der Waals surface area contributed by atoms with Crippen LogP contribution >= 0.6 is 0 Å². The van der Waals surface area contributed by atoms with Crippen LogP contribution in [0.15, 0.2) is 12.2 Å². The molecule has 0 amide bonds. The van der Waals surface area contributed by atoms with E-state index in [-0.39, 0.29) is 43.3 Å². The molecule has 0 aliphatic heterocycles. The Morgan fingerprint density at radius 2 is 1.62 bits per heavy atom. The van der Waals surface area contributed by atoms with E-state index in [0.717, 1.165) is 0 Å². The Kier molecular flexibility index (Phi) is 8.45. The molecule has 16 heavy (non-hydrogen) atoms. The molecule has 0 saturated carbocycles. The first kappa shape index (κ1) is 17.8. The van der Waals surface area contributed by atoms with E-state index in [9.17, 15) is 14.4 Å². The third-order valence-electron chi connectivity index (χ3n) is 1.37. The van der Waals surface area contributed by atoms with Gasteiger partial charge in [-0.1, -0.05) is 6.58 Å². The normalized spacial score (nSPS) is 12.9. The topological polar surface area (TPSA) is 121 Å². The van der Waals surface area contributed by atoms with E-state index in [1.165, 1.54) is 6.92 Å². The number of carbonyl (C=O) groups excluding carboxylic acids is 1. The molecule has 0 aliphatic rings. The predicted octanol–water partition coefficient (Wildman–Crippen LogP) is -1.91. The standard InChI is InChI=1S/C8H10O7.Ca.2H/c1-3(2)8(14)15-5(7(12)13)4(9)6(10)11;;;/h4-5,9H,1H2,2H3,(H,10,11)(H,12,13);;;. The Morgan fingerprint density at radius 3 is 1.88 bits per heavy atom. The number of carboxylic acids is 2. The summed E-state index contributed by atoms with van der Waals surface area (Å²) in [5.41, 5.74) is -0.0983. The molecular weight excluding hydrogens is 248 g/mol. The van der Waals surface area contributed by atoms with Crippen LogP contribution in [0.25, 0.3) is 0 Å². The van der Waals surface area contributed by atoms with Crippen molar-refractivity contribution in [1.29, 1.82) is 0 Å². The minimum absolute atomic E-state index is 0. The summed E-state index contributed by atoms with van der Waals surface area (Å²) in [6, 6.07) is 0. The summed E-state index contributed by atoms with van der Waals surface area (Å²) in [4.78, 5) is 31.6. The van der Waals surface area contributed by atoms with Crippen LogP contribution in [0.2, 0.25) is 0 Å². The first-order chi connectivity index (χ1) is 6.77. The van der Waals surface area contributed by atoms with Gasteiger partial charge in [0.15, 0.2) is 6.10 Å². The van der Waals surface area contributed by atoms with E-state index in [0.29, 0.717) is 0 Å². The first-order valence-corrected chi connectivity index (χ1v) is 3.77. The summed E-state index contributed by atoms with van der Waals surface area (Å²) in [6.45, 7) is 4.43. The minimum atomic E-state index is -2.31. The molecule has 0 saturated heterocycles. The summed E-state index contributed by atoms with van der Waals surface area (Å²) in [6.07, 6.45) is -4.46. The summed E-state index contributed by atoms with van der Waals surface area (Å²) < 4.78 is 4.23. The van der Waals surface area contributed by atoms with Gasteiger partial charge in [-0.25, -0.2) is 14.4 Å². The summed E-state index contributed by atoms with van der Waals surface area (Å²) in [5, 5.41) is 25.7. The zero-order valence-corrected chi connectivity index (χ0v) is 7.84.